The van der Waals surface area contributed by atoms with E-state index in [1.165, 1.54) is 0 Å². The van der Waals surface area contributed by atoms with Crippen molar-refractivity contribution in [3.8, 4) is 12.8 Å². The van der Waals surface area contributed by atoms with Crippen molar-refractivity contribution < 1.29 is 0 Å². The van der Waals surface area contributed by atoms with Crippen LogP contribution in [0.1, 0.15) is 0 Å². The molecule has 0 unspecified atom stereocenters. The van der Waals surface area contributed by atoms with Gasteiger partial charge in [-0.05, 0) is 0 Å². The Hall–Kier alpha value is -0.743. The molecule has 0 radical (unpaired) electrons. The standard InChI is InChI=1S/C4H6Si.C2H2/c1-2-4-5-3-1;1-2/h1-4H,5H2;1-2H. The topological polar surface area (TPSA) is 0 Å². The van der Waals surface area contributed by atoms with E-state index < -0.39 is 0 Å². The fourth-order valence-corrected chi connectivity index (χ4v) is 1.18. The van der Waals surface area contributed by atoms with Crippen molar-refractivity contribution in [1.29, 1.82) is 0 Å². The van der Waals surface area contributed by atoms with Crippen LogP contribution < -0.4 is 0 Å². The Kier molecular flexibility index (Phi) is 4.70. The molecule has 0 fully saturated rings. The molecule has 1 aliphatic heterocycles. The first-order valence-corrected chi connectivity index (χ1v) is 3.78. The van der Waals surface area contributed by atoms with Gasteiger partial charge in [0.15, 0.2) is 0 Å². The SMILES string of the molecule is C#C.C1=C[SiH2]C=C1. The van der Waals surface area contributed by atoms with Gasteiger partial charge in [-0.25, -0.2) is 0 Å². The van der Waals surface area contributed by atoms with Crippen molar-refractivity contribution in [3.05, 3.63) is 23.6 Å². The summed E-state index contributed by atoms with van der Waals surface area (Å²) in [6.07, 6.45) is 12.2. The molecule has 0 atom stereocenters. The summed E-state index contributed by atoms with van der Waals surface area (Å²) in [7, 11) is 0.182. The van der Waals surface area contributed by atoms with Crippen molar-refractivity contribution in [2.24, 2.45) is 0 Å². The van der Waals surface area contributed by atoms with Crippen LogP contribution >= 0.6 is 0 Å². The molecule has 1 aliphatic rings. The van der Waals surface area contributed by atoms with Gasteiger partial charge in [0.2, 0.25) is 0 Å². The second kappa shape index (κ2) is 5.26. The summed E-state index contributed by atoms with van der Waals surface area (Å²) in [4.78, 5) is 0. The minimum absolute atomic E-state index is 0.182. The lowest BCUT2D eigenvalue weighted by molar-refractivity contribution is 2.15. The predicted octanol–water partition coefficient (Wildman–Crippen LogP) is 0.446. The van der Waals surface area contributed by atoms with E-state index in [1.54, 1.807) is 0 Å². The number of allylic oxidation sites excluding steroid dienone is 2. The van der Waals surface area contributed by atoms with Gasteiger partial charge in [0.1, 0.15) is 0 Å². The summed E-state index contributed by atoms with van der Waals surface area (Å²) in [6.45, 7) is 0. The second-order valence-electron chi connectivity index (χ2n) is 1.09. The molecular formula is C6H8Si. The van der Waals surface area contributed by atoms with E-state index in [0.29, 0.717) is 0 Å². The summed E-state index contributed by atoms with van der Waals surface area (Å²) in [5, 5.41) is 0. The number of terminal acetylenes is 1. The maximum Gasteiger partial charge on any atom is 0.0691 e. The third-order valence-corrected chi connectivity index (χ3v) is 1.74. The van der Waals surface area contributed by atoms with Crippen LogP contribution in [0.5, 0.6) is 0 Å². The summed E-state index contributed by atoms with van der Waals surface area (Å²) in [6, 6.07) is 0. The average Bonchev–Trinajstić information content (AvgIpc) is 2.23. The molecule has 1 heteroatoms. The highest BCUT2D eigenvalue weighted by atomic mass is 28.2. The highest BCUT2D eigenvalue weighted by Crippen LogP contribution is 1.82. The zero-order chi connectivity index (χ0) is 5.54. The van der Waals surface area contributed by atoms with E-state index in [2.05, 4.69) is 36.4 Å². The molecule has 0 aliphatic carbocycles. The van der Waals surface area contributed by atoms with Gasteiger partial charge in [0, 0.05) is 0 Å². The summed E-state index contributed by atoms with van der Waals surface area (Å²) in [5.74, 6) is 0. The zero-order valence-corrected chi connectivity index (χ0v) is 5.59. The van der Waals surface area contributed by atoms with Gasteiger partial charge < -0.3 is 0 Å². The molecule has 0 aromatic carbocycles. The summed E-state index contributed by atoms with van der Waals surface area (Å²) >= 11 is 0. The normalized spacial score (nSPS) is 12.9. The monoisotopic (exact) mass is 108 g/mol. The first kappa shape index (κ1) is 6.26. The van der Waals surface area contributed by atoms with Crippen molar-refractivity contribution in [1.82, 2.24) is 0 Å². The van der Waals surface area contributed by atoms with E-state index in [0.717, 1.165) is 0 Å². The smallest absolute Gasteiger partial charge is 0.0691 e. The van der Waals surface area contributed by atoms with Crippen LogP contribution in [0.4, 0.5) is 0 Å². The molecule has 0 saturated carbocycles. The maximum absolute atomic E-state index is 4.00. The van der Waals surface area contributed by atoms with Gasteiger partial charge in [-0.3, -0.25) is 0 Å². The van der Waals surface area contributed by atoms with Crippen LogP contribution in [-0.4, -0.2) is 9.52 Å². The van der Waals surface area contributed by atoms with Crippen LogP contribution in [-0.2, 0) is 0 Å². The minimum Gasteiger partial charge on any atom is -0.124 e. The molecule has 1 rings (SSSR count). The van der Waals surface area contributed by atoms with Crippen LogP contribution in [0.2, 0.25) is 0 Å². The van der Waals surface area contributed by atoms with Crippen LogP contribution in [0, 0.1) is 12.8 Å². The quantitative estimate of drug-likeness (QED) is 0.312. The lowest BCUT2D eigenvalue weighted by Gasteiger charge is -1.54. The predicted molar refractivity (Wildman–Crippen MR) is 36.7 cm³/mol. The Balaban J connectivity index is 0.000000162. The Morgan fingerprint density at radius 1 is 1.00 bits per heavy atom. The highest BCUT2D eigenvalue weighted by molar-refractivity contribution is 6.49. The minimum atomic E-state index is 0.182. The molecular weight excluding hydrogens is 100 g/mol. The lowest BCUT2D eigenvalue weighted by atomic mass is 10.6. The lowest BCUT2D eigenvalue weighted by Crippen LogP contribution is -1.63. The Bertz CT molecular complexity index is 88.0. The molecule has 0 nitrogen and oxygen atoms in total. The largest absolute Gasteiger partial charge is 0.124 e. The molecule has 0 bridgehead atoms. The molecule has 1 heterocycles. The highest BCUT2D eigenvalue weighted by Gasteiger charge is 1.73. The zero-order valence-electron chi connectivity index (χ0n) is 4.17. The molecule has 0 N–H and O–H groups in total. The Morgan fingerprint density at radius 3 is 1.57 bits per heavy atom. The van der Waals surface area contributed by atoms with Crippen LogP contribution in [0.3, 0.4) is 0 Å². The number of hydrogen-bond donors (Lipinski definition) is 0. The van der Waals surface area contributed by atoms with Gasteiger partial charge in [0.25, 0.3) is 0 Å². The molecule has 0 aromatic heterocycles. The molecule has 0 aromatic rings. The molecule has 7 heavy (non-hydrogen) atoms. The summed E-state index contributed by atoms with van der Waals surface area (Å²) in [5.41, 5.74) is 4.53. The first-order chi connectivity index (χ1) is 3.50. The second-order valence-corrected chi connectivity index (χ2v) is 2.51. The van der Waals surface area contributed by atoms with Crippen molar-refractivity contribution in [3.63, 3.8) is 0 Å². The average molecular weight is 108 g/mol. The Morgan fingerprint density at radius 2 is 1.43 bits per heavy atom. The number of rotatable bonds is 0. The number of hydrogen-bond acceptors (Lipinski definition) is 0. The maximum atomic E-state index is 4.00. The van der Waals surface area contributed by atoms with Gasteiger partial charge in [-0.15, -0.1) is 12.8 Å². The van der Waals surface area contributed by atoms with E-state index in [-0.39, 0.29) is 9.52 Å². The first-order valence-electron chi connectivity index (χ1n) is 2.15. The third kappa shape index (κ3) is 3.08. The fourth-order valence-electron chi connectivity index (χ4n) is 0.393. The third-order valence-electron chi connectivity index (χ3n) is 0.655. The summed E-state index contributed by atoms with van der Waals surface area (Å²) < 4.78 is 0. The van der Waals surface area contributed by atoms with Crippen molar-refractivity contribution in [2.75, 3.05) is 0 Å². The fraction of sp³-hybridized carbons (Fsp3) is 0. The van der Waals surface area contributed by atoms with E-state index >= 15 is 0 Å². The van der Waals surface area contributed by atoms with E-state index in [4.69, 9.17) is 0 Å². The van der Waals surface area contributed by atoms with Crippen LogP contribution in [0.15, 0.2) is 23.6 Å². The Labute approximate surface area is 46.8 Å². The molecule has 0 saturated heterocycles. The molecule has 0 spiro atoms. The van der Waals surface area contributed by atoms with Gasteiger partial charge in [0.05, 0.1) is 9.52 Å². The van der Waals surface area contributed by atoms with Crippen LogP contribution in [0.25, 0.3) is 0 Å². The van der Waals surface area contributed by atoms with Gasteiger partial charge >= 0.3 is 0 Å². The van der Waals surface area contributed by atoms with E-state index in [1.807, 2.05) is 0 Å². The van der Waals surface area contributed by atoms with E-state index in [9.17, 15) is 0 Å². The van der Waals surface area contributed by atoms with Gasteiger partial charge in [-0.2, -0.15) is 0 Å². The molecule has 36 valence electrons. The van der Waals surface area contributed by atoms with Crippen molar-refractivity contribution >= 4 is 9.52 Å². The molecule has 0 amide bonds. The van der Waals surface area contributed by atoms with Crippen molar-refractivity contribution in [2.45, 2.75) is 0 Å². The van der Waals surface area contributed by atoms with Gasteiger partial charge in [-0.1, -0.05) is 23.6 Å².